The molecule has 196 valence electrons. The fourth-order valence-electron chi connectivity index (χ4n) is 8.28. The van der Waals surface area contributed by atoms with Crippen molar-refractivity contribution in [2.45, 2.75) is 88.9 Å². The van der Waals surface area contributed by atoms with E-state index in [1.165, 1.54) is 0 Å². The van der Waals surface area contributed by atoms with E-state index in [0.29, 0.717) is 6.42 Å². The third-order valence-corrected chi connectivity index (χ3v) is 12.0. The molecule has 0 aromatic heterocycles. The molecular formula is C28H35BrO7. The number of fused-ring (bicyclic) bond motifs is 8. The van der Waals surface area contributed by atoms with E-state index >= 15 is 0 Å². The lowest BCUT2D eigenvalue weighted by atomic mass is 9.47. The number of esters is 2. The first-order valence-corrected chi connectivity index (χ1v) is 13.9. The Labute approximate surface area is 220 Å². The van der Waals surface area contributed by atoms with Crippen LogP contribution < -0.4 is 0 Å². The van der Waals surface area contributed by atoms with Crippen molar-refractivity contribution in [1.82, 2.24) is 0 Å². The monoisotopic (exact) mass is 562 g/mol. The molecule has 5 aliphatic rings. The van der Waals surface area contributed by atoms with Crippen LogP contribution in [0.5, 0.6) is 0 Å². The molecule has 0 aromatic carbocycles. The first kappa shape index (κ1) is 25.8. The van der Waals surface area contributed by atoms with Crippen molar-refractivity contribution in [2.75, 3.05) is 6.61 Å². The van der Waals surface area contributed by atoms with Gasteiger partial charge in [-0.2, -0.15) is 0 Å². The smallest absolute Gasteiger partial charge is 0.306 e. The Bertz CT molecular complexity index is 1100. The minimum atomic E-state index is -1.44. The van der Waals surface area contributed by atoms with Crippen LogP contribution in [-0.4, -0.2) is 52.2 Å². The molecule has 1 aliphatic heterocycles. The van der Waals surface area contributed by atoms with Crippen molar-refractivity contribution in [3.8, 4) is 0 Å². The van der Waals surface area contributed by atoms with E-state index in [4.69, 9.17) is 14.2 Å². The Morgan fingerprint density at radius 3 is 2.47 bits per heavy atom. The highest BCUT2D eigenvalue weighted by Crippen LogP contribution is 2.77. The molecule has 0 aromatic rings. The number of rotatable bonds is 6. The van der Waals surface area contributed by atoms with Gasteiger partial charge in [-0.25, -0.2) is 0 Å². The Morgan fingerprint density at radius 2 is 1.81 bits per heavy atom. The molecule has 9 atom stereocenters. The second-order valence-corrected chi connectivity index (χ2v) is 12.8. The van der Waals surface area contributed by atoms with Crippen LogP contribution in [0.4, 0.5) is 0 Å². The normalized spacial score (nSPS) is 46.0. The van der Waals surface area contributed by atoms with E-state index in [1.807, 2.05) is 19.9 Å². The van der Waals surface area contributed by atoms with Gasteiger partial charge in [0.2, 0.25) is 5.78 Å². The fraction of sp³-hybridized carbons (Fsp3) is 0.714. The maximum atomic E-state index is 14.0. The maximum Gasteiger partial charge on any atom is 0.306 e. The molecule has 4 aliphatic carbocycles. The van der Waals surface area contributed by atoms with E-state index in [1.54, 1.807) is 26.0 Å². The van der Waals surface area contributed by atoms with Gasteiger partial charge in [0.15, 0.2) is 18.0 Å². The average molecular weight is 563 g/mol. The van der Waals surface area contributed by atoms with Gasteiger partial charge < -0.3 is 14.2 Å². The quantitative estimate of drug-likeness (QED) is 0.271. The fourth-order valence-corrected chi connectivity index (χ4v) is 9.56. The van der Waals surface area contributed by atoms with Crippen molar-refractivity contribution in [3.63, 3.8) is 0 Å². The van der Waals surface area contributed by atoms with Crippen LogP contribution in [0.1, 0.15) is 66.7 Å². The van der Waals surface area contributed by atoms with Crippen LogP contribution >= 0.6 is 15.9 Å². The van der Waals surface area contributed by atoms with Crippen molar-refractivity contribution in [3.05, 3.63) is 23.8 Å². The van der Waals surface area contributed by atoms with Crippen LogP contribution in [0.15, 0.2) is 23.8 Å². The number of Topliss-reactive ketones (excluding diaryl/α,β-unsaturated/α-hetero) is 1. The summed E-state index contributed by atoms with van der Waals surface area (Å²) in [6.45, 7) is 9.14. The van der Waals surface area contributed by atoms with Crippen LogP contribution in [0.3, 0.4) is 0 Å². The predicted octanol–water partition coefficient (Wildman–Crippen LogP) is 4.26. The largest absolute Gasteiger partial charge is 0.457 e. The molecule has 1 heterocycles. The van der Waals surface area contributed by atoms with Gasteiger partial charge in [-0.3, -0.25) is 19.2 Å². The summed E-state index contributed by atoms with van der Waals surface area (Å²) in [5.41, 5.74) is -1.51. The van der Waals surface area contributed by atoms with Gasteiger partial charge >= 0.3 is 11.9 Å². The van der Waals surface area contributed by atoms with E-state index in [0.717, 1.165) is 18.4 Å². The van der Waals surface area contributed by atoms with Crippen molar-refractivity contribution < 1.29 is 33.4 Å². The number of epoxide rings is 1. The second-order valence-electron chi connectivity index (χ2n) is 11.5. The molecule has 7 nitrogen and oxygen atoms in total. The highest BCUT2D eigenvalue weighted by molar-refractivity contribution is 9.10. The molecular weight excluding hydrogens is 528 g/mol. The number of hydrogen-bond acceptors (Lipinski definition) is 7. The molecule has 0 N–H and O–H groups in total. The number of ether oxygens (including phenoxy) is 3. The molecule has 0 spiro atoms. The van der Waals surface area contributed by atoms with E-state index in [-0.39, 0.29) is 54.4 Å². The number of alkyl halides is 1. The van der Waals surface area contributed by atoms with Gasteiger partial charge in [0.05, 0.1) is 10.4 Å². The lowest BCUT2D eigenvalue weighted by molar-refractivity contribution is -0.195. The zero-order valence-electron chi connectivity index (χ0n) is 21.6. The summed E-state index contributed by atoms with van der Waals surface area (Å²) in [5.74, 6) is -1.39. The summed E-state index contributed by atoms with van der Waals surface area (Å²) in [6.07, 6.45) is 7.51. The number of carbonyl (C=O) groups is 4. The summed E-state index contributed by atoms with van der Waals surface area (Å²) >= 11 is 4.19. The van der Waals surface area contributed by atoms with Gasteiger partial charge in [0.25, 0.3) is 0 Å². The van der Waals surface area contributed by atoms with Gasteiger partial charge in [-0.15, -0.1) is 0 Å². The second kappa shape index (κ2) is 8.35. The third kappa shape index (κ3) is 3.06. The van der Waals surface area contributed by atoms with Crippen LogP contribution in [0.25, 0.3) is 0 Å². The Morgan fingerprint density at radius 1 is 1.11 bits per heavy atom. The lowest BCUT2D eigenvalue weighted by Gasteiger charge is -2.60. The average Bonchev–Trinajstić information content (AvgIpc) is 3.63. The van der Waals surface area contributed by atoms with Crippen molar-refractivity contribution in [1.29, 1.82) is 0 Å². The number of carbonyl (C=O) groups excluding carboxylic acids is 4. The summed E-state index contributed by atoms with van der Waals surface area (Å²) in [5, 5.41) is 0. The minimum absolute atomic E-state index is 0.0122. The van der Waals surface area contributed by atoms with Crippen LogP contribution in [0, 0.1) is 28.6 Å². The molecule has 36 heavy (non-hydrogen) atoms. The zero-order chi connectivity index (χ0) is 26.3. The summed E-state index contributed by atoms with van der Waals surface area (Å²) < 4.78 is 17.5. The Kier molecular flexibility index (Phi) is 5.99. The molecule has 0 bridgehead atoms. The van der Waals surface area contributed by atoms with E-state index in [9.17, 15) is 19.2 Å². The highest BCUT2D eigenvalue weighted by atomic mass is 79.9. The van der Waals surface area contributed by atoms with Gasteiger partial charge in [0.1, 0.15) is 6.10 Å². The molecule has 1 saturated heterocycles. The topological polar surface area (TPSA) is 99.3 Å². The highest BCUT2D eigenvalue weighted by Gasteiger charge is 2.84. The molecule has 0 unspecified atom stereocenters. The zero-order valence-corrected chi connectivity index (χ0v) is 23.2. The van der Waals surface area contributed by atoms with E-state index in [2.05, 4.69) is 22.9 Å². The number of allylic oxidation sites excluding steroid dienone is 4. The van der Waals surface area contributed by atoms with Gasteiger partial charge in [0, 0.05) is 29.6 Å². The first-order valence-electron chi connectivity index (χ1n) is 13.1. The van der Waals surface area contributed by atoms with Crippen LogP contribution in [0.2, 0.25) is 0 Å². The Balaban J connectivity index is 1.59. The number of ketones is 2. The molecule has 0 radical (unpaired) electrons. The van der Waals surface area contributed by atoms with Gasteiger partial charge in [-0.05, 0) is 43.3 Å². The van der Waals surface area contributed by atoms with Crippen molar-refractivity contribution in [2.24, 2.45) is 28.6 Å². The summed E-state index contributed by atoms with van der Waals surface area (Å²) in [4.78, 5) is 50.8. The molecule has 4 fully saturated rings. The minimum Gasteiger partial charge on any atom is -0.457 e. The Hall–Kier alpha value is -1.80. The standard InChI is InChI=1S/C28H35BrO7/c1-6-21(32)34-14-20(31)28(36-22(33)7-2)15(3)12-19-18-9-8-16-13-17(30)10-11-25(16,4)27(18,29)24-23(35-24)26(19,28)5/h10-11,13,15,18-19,23-24H,6-9,12,14H2,1-5H3/t15-,18-,19-,23+,24-,25-,26+,27-,28-/m0/s1. The summed E-state index contributed by atoms with van der Waals surface area (Å²) in [6, 6.07) is 0. The van der Waals surface area contributed by atoms with Crippen LogP contribution in [-0.2, 0) is 33.4 Å². The maximum absolute atomic E-state index is 14.0. The number of halogens is 1. The predicted molar refractivity (Wildman–Crippen MR) is 134 cm³/mol. The SMILES string of the molecule is CCC(=O)OCC(=O)[C@@]1(OC(=O)CC)[C@@H](C)C[C@H]2[C@@H]3CCC4=CC(=O)C=C[C@]4(C)[C@@]3(Br)[C@H]3O[C@H]3[C@@]21C. The lowest BCUT2D eigenvalue weighted by Crippen LogP contribution is -2.68. The molecule has 0 amide bonds. The third-order valence-electron chi connectivity index (χ3n) is 10.1. The first-order chi connectivity index (χ1) is 16.9. The molecule has 3 saturated carbocycles. The summed E-state index contributed by atoms with van der Waals surface area (Å²) in [7, 11) is 0. The van der Waals surface area contributed by atoms with Crippen molar-refractivity contribution >= 4 is 39.4 Å². The molecule has 5 rings (SSSR count). The van der Waals surface area contributed by atoms with E-state index < -0.39 is 39.3 Å². The number of hydrogen-bond donors (Lipinski definition) is 0. The van der Waals surface area contributed by atoms with Gasteiger partial charge in [-0.1, -0.05) is 62.2 Å². The molecule has 8 heteroatoms.